The molecule has 4 nitrogen and oxygen atoms in total. The first-order valence-electron chi connectivity index (χ1n) is 6.62. The number of hydrogen-bond acceptors (Lipinski definition) is 4. The van der Waals surface area contributed by atoms with Crippen LogP contribution >= 0.6 is 0 Å². The van der Waals surface area contributed by atoms with Gasteiger partial charge in [0.2, 0.25) is 0 Å². The average molecular weight is 267 g/mol. The maximum absolute atomic E-state index is 9.95. The third-order valence-electron chi connectivity index (χ3n) is 3.46. The first kappa shape index (κ1) is 12.8. The van der Waals surface area contributed by atoms with Crippen molar-refractivity contribution in [1.82, 2.24) is 10.4 Å². The van der Waals surface area contributed by atoms with E-state index < -0.39 is 5.60 Å². The fourth-order valence-electron chi connectivity index (χ4n) is 2.33. The summed E-state index contributed by atoms with van der Waals surface area (Å²) in [6.45, 7) is 3.46. The molecule has 0 radical (unpaired) electrons. The van der Waals surface area contributed by atoms with E-state index in [-0.39, 0.29) is 6.04 Å². The smallest absolute Gasteiger partial charge is 0.101 e. The van der Waals surface area contributed by atoms with Crippen molar-refractivity contribution >= 4 is 6.21 Å². The molecule has 1 aliphatic rings. The van der Waals surface area contributed by atoms with Gasteiger partial charge in [-0.1, -0.05) is 30.3 Å². The molecule has 1 unspecified atom stereocenters. The number of rotatable bonds is 2. The molecule has 0 spiro atoms. The first-order chi connectivity index (χ1) is 9.55. The van der Waals surface area contributed by atoms with Gasteiger partial charge in [0.05, 0.1) is 18.0 Å². The third-order valence-corrected chi connectivity index (χ3v) is 3.46. The number of pyridine rings is 1. The maximum atomic E-state index is 9.95. The van der Waals surface area contributed by atoms with Gasteiger partial charge in [0.15, 0.2) is 0 Å². The zero-order chi connectivity index (χ0) is 14.2. The summed E-state index contributed by atoms with van der Waals surface area (Å²) in [5.41, 5.74) is 6.18. The summed E-state index contributed by atoms with van der Waals surface area (Å²) in [6.07, 6.45) is 3.62. The highest BCUT2D eigenvalue weighted by molar-refractivity contribution is 5.83. The van der Waals surface area contributed by atoms with Crippen molar-refractivity contribution < 1.29 is 5.11 Å². The van der Waals surface area contributed by atoms with Crippen LogP contribution in [0.25, 0.3) is 0 Å². The molecule has 0 aliphatic carbocycles. The zero-order valence-electron chi connectivity index (χ0n) is 11.5. The Kier molecular flexibility index (Phi) is 3.03. The van der Waals surface area contributed by atoms with Crippen LogP contribution in [0.1, 0.15) is 42.3 Å². The Labute approximate surface area is 118 Å². The number of aliphatic hydroxyl groups is 1. The molecule has 2 aromatic rings. The zero-order valence-corrected chi connectivity index (χ0v) is 11.5. The van der Waals surface area contributed by atoms with Crippen LogP contribution in [0.5, 0.6) is 0 Å². The SMILES string of the molecule is CC(C)(O)c1ccc(C2NN=Cc3ccccc32)cn1. The van der Waals surface area contributed by atoms with E-state index in [4.69, 9.17) is 0 Å². The van der Waals surface area contributed by atoms with Crippen molar-refractivity contribution in [2.75, 3.05) is 0 Å². The lowest BCUT2D eigenvalue weighted by Gasteiger charge is -2.23. The van der Waals surface area contributed by atoms with E-state index in [9.17, 15) is 5.11 Å². The minimum Gasteiger partial charge on any atom is -0.384 e. The Morgan fingerprint density at radius 1 is 1.15 bits per heavy atom. The van der Waals surface area contributed by atoms with Crippen molar-refractivity contribution in [3.05, 3.63) is 65.0 Å². The van der Waals surface area contributed by atoms with Crippen molar-refractivity contribution in [2.24, 2.45) is 5.10 Å². The number of aromatic nitrogens is 1. The summed E-state index contributed by atoms with van der Waals surface area (Å²) < 4.78 is 0. The maximum Gasteiger partial charge on any atom is 0.101 e. The molecule has 1 aromatic heterocycles. The van der Waals surface area contributed by atoms with Crippen LogP contribution in [-0.2, 0) is 5.60 Å². The van der Waals surface area contributed by atoms with E-state index in [0.29, 0.717) is 5.69 Å². The van der Waals surface area contributed by atoms with Gasteiger partial charge in [-0.05, 0) is 31.0 Å². The van der Waals surface area contributed by atoms with Gasteiger partial charge in [-0.15, -0.1) is 0 Å². The Hall–Kier alpha value is -2.20. The topological polar surface area (TPSA) is 57.5 Å². The molecule has 2 N–H and O–H groups in total. The predicted octanol–water partition coefficient (Wildman–Crippen LogP) is 2.34. The summed E-state index contributed by atoms with van der Waals surface area (Å²) in [7, 11) is 0. The lowest BCUT2D eigenvalue weighted by molar-refractivity contribution is 0.0738. The number of fused-ring (bicyclic) bond motifs is 1. The average Bonchev–Trinajstić information content (AvgIpc) is 2.46. The normalized spacial score (nSPS) is 17.4. The second-order valence-electron chi connectivity index (χ2n) is 5.49. The molecule has 2 heterocycles. The molecule has 3 rings (SSSR count). The molecule has 1 aliphatic heterocycles. The summed E-state index contributed by atoms with van der Waals surface area (Å²) in [4.78, 5) is 4.36. The van der Waals surface area contributed by atoms with Crippen molar-refractivity contribution in [3.8, 4) is 0 Å². The Bertz CT molecular complexity index is 642. The Morgan fingerprint density at radius 2 is 1.95 bits per heavy atom. The second-order valence-corrected chi connectivity index (χ2v) is 5.49. The molecule has 0 saturated heterocycles. The minimum absolute atomic E-state index is 0.000412. The van der Waals surface area contributed by atoms with E-state index in [1.54, 1.807) is 20.0 Å². The van der Waals surface area contributed by atoms with Gasteiger partial charge in [-0.25, -0.2) is 0 Å². The van der Waals surface area contributed by atoms with Crippen LogP contribution in [0, 0.1) is 0 Å². The lowest BCUT2D eigenvalue weighted by Crippen LogP contribution is -2.23. The molecule has 4 heteroatoms. The first-order valence-corrected chi connectivity index (χ1v) is 6.62. The largest absolute Gasteiger partial charge is 0.384 e. The third kappa shape index (κ3) is 2.30. The highest BCUT2D eigenvalue weighted by atomic mass is 16.3. The molecule has 20 heavy (non-hydrogen) atoms. The number of nitrogens with one attached hydrogen (secondary N) is 1. The van der Waals surface area contributed by atoms with E-state index >= 15 is 0 Å². The number of benzene rings is 1. The molecule has 0 fully saturated rings. The van der Waals surface area contributed by atoms with Crippen LogP contribution in [0.4, 0.5) is 0 Å². The number of hydrazone groups is 1. The summed E-state index contributed by atoms with van der Waals surface area (Å²) in [5, 5.41) is 14.1. The van der Waals surface area contributed by atoms with Gasteiger partial charge in [-0.3, -0.25) is 10.4 Å². The van der Waals surface area contributed by atoms with Gasteiger partial charge >= 0.3 is 0 Å². The molecular formula is C16H17N3O. The molecule has 1 atom stereocenters. The number of nitrogens with zero attached hydrogens (tertiary/aromatic N) is 2. The van der Waals surface area contributed by atoms with Gasteiger partial charge in [0, 0.05) is 11.8 Å². The molecule has 102 valence electrons. The molecule has 0 saturated carbocycles. The minimum atomic E-state index is -0.922. The highest BCUT2D eigenvalue weighted by Crippen LogP contribution is 2.27. The van der Waals surface area contributed by atoms with Crippen molar-refractivity contribution in [2.45, 2.75) is 25.5 Å². The fraction of sp³-hybridized carbons (Fsp3) is 0.250. The lowest BCUT2D eigenvalue weighted by atomic mass is 9.94. The van der Waals surface area contributed by atoms with E-state index in [2.05, 4.69) is 21.6 Å². The Morgan fingerprint density at radius 3 is 2.65 bits per heavy atom. The van der Waals surface area contributed by atoms with Crippen LogP contribution < -0.4 is 5.43 Å². The molecule has 1 aromatic carbocycles. The number of hydrogen-bond donors (Lipinski definition) is 2. The molecular weight excluding hydrogens is 250 g/mol. The fourth-order valence-corrected chi connectivity index (χ4v) is 2.33. The highest BCUT2D eigenvalue weighted by Gasteiger charge is 2.21. The van der Waals surface area contributed by atoms with Crippen molar-refractivity contribution in [1.29, 1.82) is 0 Å². The summed E-state index contributed by atoms with van der Waals surface area (Å²) in [6, 6.07) is 12.0. The van der Waals surface area contributed by atoms with Gasteiger partial charge in [-0.2, -0.15) is 5.10 Å². The summed E-state index contributed by atoms with van der Waals surface area (Å²) >= 11 is 0. The van der Waals surface area contributed by atoms with Gasteiger partial charge in [0.25, 0.3) is 0 Å². The van der Waals surface area contributed by atoms with Crippen LogP contribution in [0.2, 0.25) is 0 Å². The van der Waals surface area contributed by atoms with E-state index in [0.717, 1.165) is 11.1 Å². The van der Waals surface area contributed by atoms with Crippen molar-refractivity contribution in [3.63, 3.8) is 0 Å². The van der Waals surface area contributed by atoms with Crippen LogP contribution in [0.3, 0.4) is 0 Å². The molecule has 0 amide bonds. The van der Waals surface area contributed by atoms with Crippen LogP contribution in [0.15, 0.2) is 47.7 Å². The predicted molar refractivity (Wildman–Crippen MR) is 78.5 cm³/mol. The van der Waals surface area contributed by atoms with Gasteiger partial charge in [0.1, 0.15) is 5.60 Å². The van der Waals surface area contributed by atoms with Gasteiger partial charge < -0.3 is 5.11 Å². The van der Waals surface area contributed by atoms with Crippen LogP contribution in [-0.4, -0.2) is 16.3 Å². The van der Waals surface area contributed by atoms with E-state index in [1.165, 1.54) is 5.56 Å². The standard InChI is InChI=1S/C16H17N3O/c1-16(2,20)14-8-7-12(9-17-14)15-13-6-4-3-5-11(13)10-18-19-15/h3-10,15,19-20H,1-2H3. The van der Waals surface area contributed by atoms with E-state index in [1.807, 2.05) is 36.5 Å². The molecule has 0 bridgehead atoms. The monoisotopic (exact) mass is 267 g/mol. The summed E-state index contributed by atoms with van der Waals surface area (Å²) in [5.74, 6) is 0. The quantitative estimate of drug-likeness (QED) is 0.878. The second kappa shape index (κ2) is 4.72. The Balaban J connectivity index is 1.96.